The van der Waals surface area contributed by atoms with Gasteiger partial charge in [0.05, 0.1) is 11.6 Å². The zero-order chi connectivity index (χ0) is 12.4. The van der Waals surface area contributed by atoms with Gasteiger partial charge < -0.3 is 5.32 Å². The van der Waals surface area contributed by atoms with Crippen molar-refractivity contribution in [3.8, 4) is 0 Å². The summed E-state index contributed by atoms with van der Waals surface area (Å²) in [6.45, 7) is 2.26. The molecule has 0 saturated carbocycles. The highest BCUT2D eigenvalue weighted by atomic mass is 19.1. The van der Waals surface area contributed by atoms with E-state index in [0.29, 0.717) is 18.7 Å². The summed E-state index contributed by atoms with van der Waals surface area (Å²) in [5.74, 6) is -0.841. The highest BCUT2D eigenvalue weighted by Gasteiger charge is 2.33. The van der Waals surface area contributed by atoms with E-state index in [1.165, 1.54) is 24.3 Å². The Hall–Kier alpha value is -1.91. The molecule has 0 aromatic heterocycles. The fourth-order valence-corrected chi connectivity index (χ4v) is 1.81. The van der Waals surface area contributed by atoms with Gasteiger partial charge in [-0.15, -0.1) is 0 Å². The largest absolute Gasteiger partial charge is 0.337 e. The second-order valence-electron chi connectivity index (χ2n) is 3.94. The molecule has 0 aliphatic carbocycles. The van der Waals surface area contributed by atoms with Gasteiger partial charge >= 0.3 is 6.03 Å². The first-order chi connectivity index (χ1) is 8.13. The SMILES string of the molecule is CCC1CNC(=O)N(c2ccc(F)cc2)C1=O. The average molecular weight is 236 g/mol. The monoisotopic (exact) mass is 236 g/mol. The molecule has 0 bridgehead atoms. The van der Waals surface area contributed by atoms with E-state index in [-0.39, 0.29) is 11.8 Å². The number of carbonyl (C=O) groups excluding carboxylic acids is 2. The minimum absolute atomic E-state index is 0.210. The first kappa shape index (κ1) is 11.6. The van der Waals surface area contributed by atoms with Gasteiger partial charge in [-0.25, -0.2) is 14.1 Å². The van der Waals surface area contributed by atoms with Gasteiger partial charge in [0.15, 0.2) is 0 Å². The van der Waals surface area contributed by atoms with Crippen LogP contribution in [0.15, 0.2) is 24.3 Å². The maximum atomic E-state index is 12.8. The smallest absolute Gasteiger partial charge is 0.328 e. The minimum atomic E-state index is -0.452. The van der Waals surface area contributed by atoms with Gasteiger partial charge in [-0.2, -0.15) is 0 Å². The Morgan fingerprint density at radius 1 is 1.35 bits per heavy atom. The molecular formula is C12H13FN2O2. The summed E-state index contributed by atoms with van der Waals surface area (Å²) in [4.78, 5) is 24.7. The number of halogens is 1. The number of nitrogens with zero attached hydrogens (tertiary/aromatic N) is 1. The fraction of sp³-hybridized carbons (Fsp3) is 0.333. The molecule has 1 aromatic carbocycles. The number of urea groups is 1. The molecule has 1 unspecified atom stereocenters. The Morgan fingerprint density at radius 3 is 2.59 bits per heavy atom. The molecule has 4 nitrogen and oxygen atoms in total. The number of anilines is 1. The average Bonchev–Trinajstić information content (AvgIpc) is 2.32. The van der Waals surface area contributed by atoms with Crippen molar-refractivity contribution in [2.75, 3.05) is 11.4 Å². The first-order valence-corrected chi connectivity index (χ1v) is 5.51. The van der Waals surface area contributed by atoms with E-state index < -0.39 is 11.8 Å². The van der Waals surface area contributed by atoms with Crippen molar-refractivity contribution in [2.24, 2.45) is 5.92 Å². The van der Waals surface area contributed by atoms with Gasteiger partial charge in [0.1, 0.15) is 5.82 Å². The predicted molar refractivity (Wildman–Crippen MR) is 61.1 cm³/mol. The molecule has 1 fully saturated rings. The van der Waals surface area contributed by atoms with Crippen molar-refractivity contribution in [1.29, 1.82) is 0 Å². The third-order valence-corrected chi connectivity index (χ3v) is 2.85. The molecule has 90 valence electrons. The Morgan fingerprint density at radius 2 is 2.00 bits per heavy atom. The number of imide groups is 1. The number of benzene rings is 1. The van der Waals surface area contributed by atoms with Crippen molar-refractivity contribution >= 4 is 17.6 Å². The molecule has 1 aromatic rings. The summed E-state index contributed by atoms with van der Waals surface area (Å²) >= 11 is 0. The molecule has 17 heavy (non-hydrogen) atoms. The zero-order valence-electron chi connectivity index (χ0n) is 9.44. The van der Waals surface area contributed by atoms with E-state index in [0.717, 1.165) is 4.90 Å². The Labute approximate surface area is 98.4 Å². The normalized spacial score (nSPS) is 20.4. The predicted octanol–water partition coefficient (Wildman–Crippen LogP) is 1.91. The van der Waals surface area contributed by atoms with Crippen LogP contribution in [0.3, 0.4) is 0 Å². The first-order valence-electron chi connectivity index (χ1n) is 5.51. The summed E-state index contributed by atoms with van der Waals surface area (Å²) in [7, 11) is 0. The summed E-state index contributed by atoms with van der Waals surface area (Å²) in [5.41, 5.74) is 0.395. The molecule has 1 heterocycles. The molecule has 5 heteroatoms. The standard InChI is InChI=1S/C12H13FN2O2/c1-2-8-7-14-12(17)15(11(8)16)10-5-3-9(13)4-6-10/h3-6,8H,2,7H2,1H3,(H,14,17). The van der Waals surface area contributed by atoms with E-state index in [2.05, 4.69) is 5.32 Å². The molecule has 1 aliphatic heterocycles. The highest BCUT2D eigenvalue weighted by molar-refractivity contribution is 6.16. The number of rotatable bonds is 2. The fourth-order valence-electron chi connectivity index (χ4n) is 1.81. The molecule has 2 rings (SSSR count). The van der Waals surface area contributed by atoms with E-state index in [9.17, 15) is 14.0 Å². The lowest BCUT2D eigenvalue weighted by atomic mass is 10.0. The quantitative estimate of drug-likeness (QED) is 0.852. The van der Waals surface area contributed by atoms with Crippen LogP contribution in [0.4, 0.5) is 14.9 Å². The van der Waals surface area contributed by atoms with Crippen molar-refractivity contribution in [1.82, 2.24) is 5.32 Å². The third-order valence-electron chi connectivity index (χ3n) is 2.85. The van der Waals surface area contributed by atoms with Crippen LogP contribution in [0.2, 0.25) is 0 Å². The van der Waals surface area contributed by atoms with Crippen LogP contribution in [0.5, 0.6) is 0 Å². The topological polar surface area (TPSA) is 49.4 Å². The van der Waals surface area contributed by atoms with Crippen molar-refractivity contribution in [2.45, 2.75) is 13.3 Å². The van der Waals surface area contributed by atoms with E-state index in [4.69, 9.17) is 0 Å². The molecule has 1 aliphatic rings. The Kier molecular flexibility index (Phi) is 3.08. The highest BCUT2D eigenvalue weighted by Crippen LogP contribution is 2.21. The summed E-state index contributed by atoms with van der Waals surface area (Å²) < 4.78 is 12.8. The van der Waals surface area contributed by atoms with E-state index in [1.54, 1.807) is 0 Å². The molecule has 1 saturated heterocycles. The second kappa shape index (κ2) is 4.53. The van der Waals surface area contributed by atoms with Crippen LogP contribution in [0.1, 0.15) is 13.3 Å². The minimum Gasteiger partial charge on any atom is -0.337 e. The van der Waals surface area contributed by atoms with Gasteiger partial charge in [-0.05, 0) is 30.7 Å². The zero-order valence-corrected chi connectivity index (χ0v) is 9.44. The van der Waals surface area contributed by atoms with Crippen LogP contribution < -0.4 is 10.2 Å². The van der Waals surface area contributed by atoms with Crippen molar-refractivity contribution in [3.63, 3.8) is 0 Å². The molecule has 1 atom stereocenters. The van der Waals surface area contributed by atoms with Crippen LogP contribution in [-0.2, 0) is 4.79 Å². The maximum Gasteiger partial charge on any atom is 0.328 e. The van der Waals surface area contributed by atoms with Crippen molar-refractivity contribution in [3.05, 3.63) is 30.1 Å². The van der Waals surface area contributed by atoms with Crippen LogP contribution in [-0.4, -0.2) is 18.5 Å². The number of carbonyl (C=O) groups is 2. The van der Waals surface area contributed by atoms with Gasteiger partial charge in [0, 0.05) is 6.54 Å². The lowest BCUT2D eigenvalue weighted by Crippen LogP contribution is -2.55. The molecule has 0 radical (unpaired) electrons. The molecular weight excluding hydrogens is 223 g/mol. The van der Waals surface area contributed by atoms with Gasteiger partial charge in [0.25, 0.3) is 0 Å². The summed E-state index contributed by atoms with van der Waals surface area (Å²) in [6.07, 6.45) is 0.664. The van der Waals surface area contributed by atoms with Gasteiger partial charge in [-0.1, -0.05) is 6.92 Å². The Balaban J connectivity index is 2.31. The lowest BCUT2D eigenvalue weighted by Gasteiger charge is -2.30. The molecule has 1 N–H and O–H groups in total. The second-order valence-corrected chi connectivity index (χ2v) is 3.94. The van der Waals surface area contributed by atoms with Crippen LogP contribution in [0, 0.1) is 11.7 Å². The summed E-state index contributed by atoms with van der Waals surface area (Å²) in [5, 5.41) is 2.65. The van der Waals surface area contributed by atoms with Gasteiger partial charge in [-0.3, -0.25) is 4.79 Å². The Bertz CT molecular complexity index is 444. The third kappa shape index (κ3) is 2.13. The number of nitrogens with one attached hydrogen (secondary N) is 1. The van der Waals surface area contributed by atoms with Crippen molar-refractivity contribution < 1.29 is 14.0 Å². The molecule has 0 spiro atoms. The van der Waals surface area contributed by atoms with Crippen LogP contribution in [0.25, 0.3) is 0 Å². The number of hydrogen-bond donors (Lipinski definition) is 1. The van der Waals surface area contributed by atoms with E-state index >= 15 is 0 Å². The maximum absolute atomic E-state index is 12.8. The molecule has 3 amide bonds. The number of amides is 3. The van der Waals surface area contributed by atoms with Gasteiger partial charge in [0.2, 0.25) is 5.91 Å². The number of hydrogen-bond acceptors (Lipinski definition) is 2. The van der Waals surface area contributed by atoms with E-state index in [1.807, 2.05) is 6.92 Å². The summed E-state index contributed by atoms with van der Waals surface area (Å²) in [6, 6.07) is 4.85. The van der Waals surface area contributed by atoms with Crippen LogP contribution >= 0.6 is 0 Å². The lowest BCUT2D eigenvalue weighted by molar-refractivity contribution is -0.122.